The smallest absolute Gasteiger partial charge is 0.121 e. The molecule has 7 rings (SSSR count). The number of para-hydroxylation sites is 3. The molecule has 3 aromatic carbocycles. The molecule has 0 spiro atoms. The van der Waals surface area contributed by atoms with Crippen LogP contribution in [-0.2, 0) is 32.6 Å². The molecule has 0 radical (unpaired) electrons. The van der Waals surface area contributed by atoms with Gasteiger partial charge in [-0.25, -0.2) is 4.98 Å². The summed E-state index contributed by atoms with van der Waals surface area (Å²) in [5, 5.41) is 4.76. The Morgan fingerprint density at radius 3 is 2.45 bits per heavy atom. The number of pyridine rings is 2. The summed E-state index contributed by atoms with van der Waals surface area (Å²) in [5.41, 5.74) is 9.50. The van der Waals surface area contributed by atoms with Gasteiger partial charge in [-0.15, -0.1) is 0 Å². The Balaban J connectivity index is 0.00000316. The van der Waals surface area contributed by atoms with Crippen molar-refractivity contribution in [1.82, 2.24) is 30.2 Å². The molecular weight excluding hydrogens is 516 g/mol. The van der Waals surface area contributed by atoms with Crippen LogP contribution in [0, 0.1) is 0 Å². The number of rotatable bonds is 9. The number of aromatic nitrogens is 4. The number of fused-ring (bicyclic) bond motifs is 3. The summed E-state index contributed by atoms with van der Waals surface area (Å²) in [5.74, 6) is 0.998. The summed E-state index contributed by atoms with van der Waals surface area (Å²) < 4.78 is 0. The summed E-state index contributed by atoms with van der Waals surface area (Å²) in [6.45, 7) is 3.20. The fourth-order valence-corrected chi connectivity index (χ4v) is 6.05. The van der Waals surface area contributed by atoms with Crippen LogP contribution in [0.4, 0.5) is 0 Å². The zero-order valence-electron chi connectivity index (χ0n) is 23.1. The monoisotopic (exact) mass is 554 g/mol. The van der Waals surface area contributed by atoms with Gasteiger partial charge in [0.1, 0.15) is 5.82 Å². The van der Waals surface area contributed by atoms with Crippen molar-refractivity contribution in [1.29, 1.82) is 0 Å². The molecule has 1 unspecified atom stereocenters. The molecule has 1 atom stereocenters. The number of H-pyrrole nitrogens is 1. The second-order valence-corrected chi connectivity index (χ2v) is 11.0. The molecular formula is C36H38N6. The van der Waals surface area contributed by atoms with Gasteiger partial charge in [-0.3, -0.25) is 14.9 Å². The first kappa shape index (κ1) is 27.8. The van der Waals surface area contributed by atoms with Crippen LogP contribution in [0.25, 0.3) is 21.9 Å². The Morgan fingerprint density at radius 2 is 1.57 bits per heavy atom. The van der Waals surface area contributed by atoms with E-state index in [1.54, 1.807) is 0 Å². The highest BCUT2D eigenvalue weighted by atomic mass is 15.2. The lowest BCUT2D eigenvalue weighted by Gasteiger charge is -2.34. The van der Waals surface area contributed by atoms with Crippen LogP contribution in [0.5, 0.6) is 0 Å². The maximum atomic E-state index is 4.90. The Bertz CT molecular complexity index is 1740. The molecule has 2 N–H and O–H groups in total. The van der Waals surface area contributed by atoms with E-state index in [0.717, 1.165) is 61.4 Å². The summed E-state index contributed by atoms with van der Waals surface area (Å²) in [6, 6.07) is 32.3. The highest BCUT2D eigenvalue weighted by molar-refractivity contribution is 5.78. The van der Waals surface area contributed by atoms with Crippen LogP contribution in [0.2, 0.25) is 0 Å². The number of nitrogens with one attached hydrogen (secondary N) is 2. The van der Waals surface area contributed by atoms with Crippen molar-refractivity contribution in [2.75, 3.05) is 0 Å². The number of hydrogen-bond donors (Lipinski definition) is 2. The van der Waals surface area contributed by atoms with E-state index in [-0.39, 0.29) is 13.5 Å². The normalized spacial score (nSPS) is 14.6. The second-order valence-electron chi connectivity index (χ2n) is 11.0. The quantitative estimate of drug-likeness (QED) is 0.194. The van der Waals surface area contributed by atoms with Crippen LogP contribution in [0.15, 0.2) is 103 Å². The van der Waals surface area contributed by atoms with Crippen molar-refractivity contribution in [3.8, 4) is 0 Å². The van der Waals surface area contributed by atoms with E-state index in [2.05, 4.69) is 99.0 Å². The molecule has 0 saturated heterocycles. The molecule has 0 saturated carbocycles. The van der Waals surface area contributed by atoms with Crippen LogP contribution in [0.3, 0.4) is 0 Å². The van der Waals surface area contributed by atoms with Gasteiger partial charge in [-0.05, 0) is 71.8 Å². The second kappa shape index (κ2) is 12.6. The first-order valence-corrected chi connectivity index (χ1v) is 14.5. The molecule has 1 aliphatic rings. The van der Waals surface area contributed by atoms with Gasteiger partial charge in [0, 0.05) is 37.4 Å². The number of hydrogen-bond acceptors (Lipinski definition) is 5. The fraction of sp³-hybridized carbons (Fsp3) is 0.250. The van der Waals surface area contributed by atoms with Crippen molar-refractivity contribution in [3.05, 3.63) is 137 Å². The number of benzene rings is 3. The third-order valence-corrected chi connectivity index (χ3v) is 8.11. The maximum Gasteiger partial charge on any atom is 0.121 e. The van der Waals surface area contributed by atoms with Crippen molar-refractivity contribution in [2.24, 2.45) is 0 Å². The van der Waals surface area contributed by atoms with E-state index < -0.39 is 0 Å². The SMILES string of the molecule is C.c1cnc2c(c1)CCCC2N(Cc1ccc(CNCc2cnc3ccccc3c2)cc1)Cc1nc2ccccc2[nH]1. The third-order valence-electron chi connectivity index (χ3n) is 8.11. The summed E-state index contributed by atoms with van der Waals surface area (Å²) in [4.78, 5) is 20.4. The van der Waals surface area contributed by atoms with Crippen molar-refractivity contribution in [2.45, 2.75) is 58.9 Å². The summed E-state index contributed by atoms with van der Waals surface area (Å²) >= 11 is 0. The maximum absolute atomic E-state index is 4.90. The van der Waals surface area contributed by atoms with Gasteiger partial charge in [0.25, 0.3) is 0 Å². The minimum absolute atomic E-state index is 0. The predicted octanol–water partition coefficient (Wildman–Crippen LogP) is 7.51. The molecule has 6 nitrogen and oxygen atoms in total. The lowest BCUT2D eigenvalue weighted by molar-refractivity contribution is 0.153. The predicted molar refractivity (Wildman–Crippen MR) is 171 cm³/mol. The van der Waals surface area contributed by atoms with Gasteiger partial charge < -0.3 is 10.3 Å². The minimum Gasteiger partial charge on any atom is -0.341 e. The van der Waals surface area contributed by atoms with Gasteiger partial charge in [-0.2, -0.15) is 0 Å². The van der Waals surface area contributed by atoms with Gasteiger partial charge in [0.15, 0.2) is 0 Å². The van der Waals surface area contributed by atoms with Gasteiger partial charge in [0.2, 0.25) is 0 Å². The van der Waals surface area contributed by atoms with E-state index in [9.17, 15) is 0 Å². The highest BCUT2D eigenvalue weighted by Gasteiger charge is 2.28. The molecule has 0 bridgehead atoms. The van der Waals surface area contributed by atoms with Crippen molar-refractivity contribution >= 4 is 21.9 Å². The molecule has 3 heterocycles. The average Bonchev–Trinajstić information content (AvgIpc) is 3.44. The highest BCUT2D eigenvalue weighted by Crippen LogP contribution is 2.34. The minimum atomic E-state index is 0. The molecule has 6 heteroatoms. The van der Waals surface area contributed by atoms with E-state index in [4.69, 9.17) is 9.97 Å². The summed E-state index contributed by atoms with van der Waals surface area (Å²) in [7, 11) is 0. The van der Waals surface area contributed by atoms with E-state index in [1.165, 1.54) is 39.8 Å². The molecule has 0 fully saturated rings. The summed E-state index contributed by atoms with van der Waals surface area (Å²) in [6.07, 6.45) is 7.29. The zero-order valence-corrected chi connectivity index (χ0v) is 23.1. The lowest BCUT2D eigenvalue weighted by atomic mass is 9.90. The van der Waals surface area contributed by atoms with Crippen molar-refractivity contribution < 1.29 is 0 Å². The van der Waals surface area contributed by atoms with Crippen LogP contribution >= 0.6 is 0 Å². The van der Waals surface area contributed by atoms with E-state index >= 15 is 0 Å². The number of aryl methyl sites for hydroxylation is 1. The number of nitrogens with zero attached hydrogens (tertiary/aromatic N) is 4. The molecule has 6 aromatic rings. The van der Waals surface area contributed by atoms with E-state index in [0.29, 0.717) is 0 Å². The molecule has 1 aliphatic carbocycles. The molecule has 0 aliphatic heterocycles. The molecule has 42 heavy (non-hydrogen) atoms. The van der Waals surface area contributed by atoms with Gasteiger partial charge in [-0.1, -0.05) is 68.1 Å². The van der Waals surface area contributed by atoms with Gasteiger partial charge >= 0.3 is 0 Å². The zero-order chi connectivity index (χ0) is 27.4. The Morgan fingerprint density at radius 1 is 0.786 bits per heavy atom. The average molecular weight is 555 g/mol. The molecule has 3 aromatic heterocycles. The van der Waals surface area contributed by atoms with Crippen LogP contribution in [-0.4, -0.2) is 24.8 Å². The first-order valence-electron chi connectivity index (χ1n) is 14.5. The number of imidazole rings is 1. The standard InChI is InChI=1S/C35H34N6.CH4/c1-2-10-30-29(7-1)19-27(22-38-30)21-36-20-25-14-16-26(17-15-25)23-41(24-34-39-31-11-3-4-12-32(31)40-34)33-13-5-8-28-9-6-18-37-35(28)33;/h1-4,6-7,9-12,14-19,22,33,36H,5,8,13,20-21,23-24H2,(H,39,40);1H4. The Hall–Kier alpha value is -4.39. The molecule has 0 amide bonds. The van der Waals surface area contributed by atoms with Crippen LogP contribution < -0.4 is 5.32 Å². The van der Waals surface area contributed by atoms with Gasteiger partial charge in [0.05, 0.1) is 34.8 Å². The third kappa shape index (κ3) is 6.10. The topological polar surface area (TPSA) is 69.7 Å². The Labute approximate surface area is 247 Å². The number of aromatic amines is 1. The van der Waals surface area contributed by atoms with Crippen LogP contribution in [0.1, 0.15) is 60.1 Å². The lowest BCUT2D eigenvalue weighted by Crippen LogP contribution is -2.31. The largest absolute Gasteiger partial charge is 0.341 e. The van der Waals surface area contributed by atoms with Crippen molar-refractivity contribution in [3.63, 3.8) is 0 Å². The fourth-order valence-electron chi connectivity index (χ4n) is 6.05. The molecule has 212 valence electrons. The Kier molecular flexibility index (Phi) is 8.35. The first-order chi connectivity index (χ1) is 20.3. The van der Waals surface area contributed by atoms with E-state index in [1.807, 2.05) is 24.5 Å².